The molecule has 0 spiro atoms. The van der Waals surface area contributed by atoms with E-state index in [0.29, 0.717) is 35.8 Å². The van der Waals surface area contributed by atoms with E-state index in [1.807, 2.05) is 30.0 Å². The third-order valence-corrected chi connectivity index (χ3v) is 6.07. The summed E-state index contributed by atoms with van der Waals surface area (Å²) in [7, 11) is 3.29. The van der Waals surface area contributed by atoms with Gasteiger partial charge in [-0.05, 0) is 38.8 Å². The van der Waals surface area contributed by atoms with Crippen LogP contribution in [0, 0.1) is 6.92 Å². The van der Waals surface area contributed by atoms with Crippen LogP contribution in [0.3, 0.4) is 0 Å². The number of amides is 1. The molecule has 0 unspecified atom stereocenters. The molecule has 172 valence electrons. The molecule has 1 fully saturated rings. The first-order valence-electron chi connectivity index (χ1n) is 11.0. The van der Waals surface area contributed by atoms with Crippen LogP contribution in [0.25, 0.3) is 16.9 Å². The van der Waals surface area contributed by atoms with E-state index in [1.54, 1.807) is 43.9 Å². The molecule has 1 aliphatic heterocycles. The Morgan fingerprint density at radius 1 is 1.18 bits per heavy atom. The molecule has 2 aromatic heterocycles. The zero-order valence-electron chi connectivity index (χ0n) is 19.4. The maximum absolute atomic E-state index is 12.9. The van der Waals surface area contributed by atoms with Crippen molar-refractivity contribution in [3.63, 3.8) is 0 Å². The lowest BCUT2D eigenvalue weighted by Crippen LogP contribution is -2.46. The van der Waals surface area contributed by atoms with Crippen LogP contribution in [0.15, 0.2) is 46.5 Å². The molecule has 33 heavy (non-hydrogen) atoms. The number of hydrogen-bond acceptors (Lipinski definition) is 7. The number of phenols is 1. The number of hydrogen-bond donors (Lipinski definition) is 2. The number of fused-ring (bicyclic) bond motifs is 1. The highest BCUT2D eigenvalue weighted by Gasteiger charge is 2.27. The van der Waals surface area contributed by atoms with E-state index in [2.05, 4.69) is 20.4 Å². The number of likely N-dealkylation sites (tertiary alicyclic amines) is 1. The highest BCUT2D eigenvalue weighted by Crippen LogP contribution is 2.30. The quantitative estimate of drug-likeness (QED) is 0.585. The molecule has 0 radical (unpaired) electrons. The minimum Gasteiger partial charge on any atom is -0.507 e. The van der Waals surface area contributed by atoms with Crippen molar-refractivity contribution in [1.82, 2.24) is 19.5 Å². The first kappa shape index (κ1) is 22.4. The summed E-state index contributed by atoms with van der Waals surface area (Å²) in [5.41, 5.74) is 4.10. The average Bonchev–Trinajstić information content (AvgIpc) is 3.21. The predicted octanol–water partition coefficient (Wildman–Crippen LogP) is 2.97. The summed E-state index contributed by atoms with van der Waals surface area (Å²) in [5, 5.41) is 18.4. The largest absolute Gasteiger partial charge is 0.507 e. The van der Waals surface area contributed by atoms with Gasteiger partial charge in [-0.25, -0.2) is 4.98 Å². The van der Waals surface area contributed by atoms with Crippen LogP contribution in [0.4, 0.5) is 5.82 Å². The van der Waals surface area contributed by atoms with E-state index in [4.69, 9.17) is 4.98 Å². The number of aliphatic imine (C=N–C) groups is 2. The molecule has 1 aromatic carbocycles. The number of nitrogens with one attached hydrogen (secondary N) is 1. The summed E-state index contributed by atoms with van der Waals surface area (Å²) < 4.78 is 1.79. The second-order valence-electron chi connectivity index (χ2n) is 8.20. The second kappa shape index (κ2) is 9.40. The van der Waals surface area contributed by atoms with Crippen molar-refractivity contribution >= 4 is 28.8 Å². The summed E-state index contributed by atoms with van der Waals surface area (Å²) in [4.78, 5) is 27.7. The van der Waals surface area contributed by atoms with Gasteiger partial charge >= 0.3 is 0 Å². The summed E-state index contributed by atoms with van der Waals surface area (Å²) in [6, 6.07) is 9.26. The Bertz CT molecular complexity index is 1240. The highest BCUT2D eigenvalue weighted by molar-refractivity contribution is 6.66. The summed E-state index contributed by atoms with van der Waals surface area (Å²) in [5.74, 6) is 0.916. The summed E-state index contributed by atoms with van der Waals surface area (Å²) >= 11 is 0. The topological polar surface area (TPSA) is 107 Å². The Labute approximate surface area is 192 Å². The number of nitrogens with zero attached hydrogens (tertiary/aromatic N) is 6. The molecule has 9 nitrogen and oxygen atoms in total. The van der Waals surface area contributed by atoms with Gasteiger partial charge in [0.15, 0.2) is 5.65 Å². The van der Waals surface area contributed by atoms with Crippen LogP contribution in [0.5, 0.6) is 5.75 Å². The number of carbonyl (C=O) groups excluding carboxylic acids is 1. The van der Waals surface area contributed by atoms with Crippen molar-refractivity contribution in [1.29, 1.82) is 0 Å². The van der Waals surface area contributed by atoms with Crippen LogP contribution >= 0.6 is 0 Å². The van der Waals surface area contributed by atoms with Crippen molar-refractivity contribution in [2.75, 3.05) is 32.5 Å². The predicted molar refractivity (Wildman–Crippen MR) is 130 cm³/mol. The van der Waals surface area contributed by atoms with E-state index in [0.717, 1.165) is 29.9 Å². The van der Waals surface area contributed by atoms with Crippen molar-refractivity contribution in [2.45, 2.75) is 32.7 Å². The van der Waals surface area contributed by atoms with Crippen LogP contribution < -0.4 is 5.32 Å². The molecule has 1 aliphatic rings. The molecule has 2 N–H and O–H groups in total. The van der Waals surface area contributed by atoms with E-state index >= 15 is 0 Å². The number of para-hydroxylation sites is 1. The molecule has 0 bridgehead atoms. The Balaban J connectivity index is 1.55. The second-order valence-corrected chi connectivity index (χ2v) is 8.20. The smallest absolute Gasteiger partial charge is 0.273 e. The number of carbonyl (C=O) groups is 1. The lowest BCUT2D eigenvalue weighted by molar-refractivity contribution is -0.124. The number of aromatic hydroxyl groups is 1. The van der Waals surface area contributed by atoms with Crippen LogP contribution in [0.1, 0.15) is 25.3 Å². The third kappa shape index (κ3) is 4.44. The van der Waals surface area contributed by atoms with Gasteiger partial charge in [-0.3, -0.25) is 14.8 Å². The minimum absolute atomic E-state index is 0.0742. The molecule has 3 aromatic rings. The Morgan fingerprint density at radius 3 is 2.58 bits per heavy atom. The maximum atomic E-state index is 12.9. The van der Waals surface area contributed by atoms with Gasteiger partial charge in [0.2, 0.25) is 0 Å². The van der Waals surface area contributed by atoms with Gasteiger partial charge < -0.3 is 15.3 Å². The molecule has 1 saturated heterocycles. The fourth-order valence-electron chi connectivity index (χ4n) is 4.11. The molecule has 0 saturated carbocycles. The number of aromatic nitrogens is 3. The Morgan fingerprint density at radius 2 is 1.91 bits per heavy atom. The third-order valence-electron chi connectivity index (χ3n) is 6.07. The van der Waals surface area contributed by atoms with Gasteiger partial charge in [0.1, 0.15) is 17.3 Å². The lowest BCUT2D eigenvalue weighted by atomic mass is 10.0. The normalized spacial score (nSPS) is 15.8. The van der Waals surface area contributed by atoms with Crippen molar-refractivity contribution in [3.8, 4) is 17.0 Å². The van der Waals surface area contributed by atoms with Crippen molar-refractivity contribution < 1.29 is 9.90 Å². The molecule has 9 heteroatoms. The fourth-order valence-corrected chi connectivity index (χ4v) is 4.11. The molecule has 0 atom stereocenters. The molecular formula is C24H29N7O2. The van der Waals surface area contributed by atoms with E-state index in [-0.39, 0.29) is 17.7 Å². The monoisotopic (exact) mass is 447 g/mol. The van der Waals surface area contributed by atoms with Gasteiger partial charge in [0.25, 0.3) is 5.91 Å². The Kier molecular flexibility index (Phi) is 6.39. The van der Waals surface area contributed by atoms with E-state index < -0.39 is 0 Å². The number of rotatable bonds is 5. The number of benzene rings is 1. The van der Waals surface area contributed by atoms with Crippen LogP contribution in [0.2, 0.25) is 0 Å². The lowest BCUT2D eigenvalue weighted by Gasteiger charge is -2.33. The number of anilines is 1. The Hall–Kier alpha value is -3.75. The van der Waals surface area contributed by atoms with Crippen LogP contribution in [-0.2, 0) is 4.79 Å². The van der Waals surface area contributed by atoms with Crippen molar-refractivity contribution in [2.24, 2.45) is 9.98 Å². The molecule has 0 aliphatic carbocycles. The molecule has 4 rings (SSSR count). The van der Waals surface area contributed by atoms with E-state index in [9.17, 15) is 9.90 Å². The zero-order chi connectivity index (χ0) is 23.5. The van der Waals surface area contributed by atoms with Crippen LogP contribution in [-0.4, -0.2) is 75.2 Å². The van der Waals surface area contributed by atoms with Gasteiger partial charge in [-0.1, -0.05) is 12.1 Å². The van der Waals surface area contributed by atoms with Gasteiger partial charge in [0, 0.05) is 50.4 Å². The first-order valence-corrected chi connectivity index (χ1v) is 11.0. The fraction of sp³-hybridized carbons (Fsp3) is 0.375. The summed E-state index contributed by atoms with van der Waals surface area (Å²) in [6.45, 7) is 5.03. The maximum Gasteiger partial charge on any atom is 0.273 e. The zero-order valence-corrected chi connectivity index (χ0v) is 19.4. The van der Waals surface area contributed by atoms with Gasteiger partial charge in [0.05, 0.1) is 17.6 Å². The average molecular weight is 448 g/mol. The summed E-state index contributed by atoms with van der Waals surface area (Å²) in [6.07, 6.45) is 3.37. The molecule has 1 amide bonds. The number of phenolic OH excluding ortho intramolecular Hbond substituents is 1. The molecule has 3 heterocycles. The SMILES string of the molecule is CN=C(C)C(=NC)C(=O)N1CCC(Nc2cc(-c3ccccc3O)nc3c(C)cnn23)CC1. The van der Waals surface area contributed by atoms with Gasteiger partial charge in [-0.2, -0.15) is 9.61 Å². The molecular weight excluding hydrogens is 418 g/mol. The number of aryl methyl sites for hydroxylation is 1. The van der Waals surface area contributed by atoms with Gasteiger partial charge in [-0.15, -0.1) is 0 Å². The first-order chi connectivity index (χ1) is 15.9. The highest BCUT2D eigenvalue weighted by atomic mass is 16.3. The van der Waals surface area contributed by atoms with E-state index in [1.165, 1.54) is 0 Å². The van der Waals surface area contributed by atoms with Crippen molar-refractivity contribution in [3.05, 3.63) is 42.1 Å². The standard InChI is InChI=1S/C24H29N7O2/c1-15-14-27-31-21(13-19(29-23(15)31)18-7-5-6-8-20(18)32)28-17-9-11-30(12-10-17)24(33)22(26-4)16(2)25-3/h5-8,13-14,17,28,32H,9-12H2,1-4H3. The number of piperidine rings is 1. The minimum atomic E-state index is -0.0742.